The van der Waals surface area contributed by atoms with Gasteiger partial charge >= 0.3 is 0 Å². The zero-order valence-corrected chi connectivity index (χ0v) is 35.6. The molecule has 11 rings (SSSR count). The summed E-state index contributed by atoms with van der Waals surface area (Å²) in [6.45, 7) is 0. The van der Waals surface area contributed by atoms with Crippen LogP contribution in [0.1, 0.15) is 11.1 Å². The Labute approximate surface area is 382 Å². The van der Waals surface area contributed by atoms with E-state index in [0.717, 1.165) is 66.8 Å². The summed E-state index contributed by atoms with van der Waals surface area (Å²) >= 11 is 0. The third kappa shape index (κ3) is 7.54. The molecule has 0 unspecified atom stereocenters. The number of hydrogen-bond donors (Lipinski definition) is 0. The molecular formula is C61H37N5. The lowest BCUT2D eigenvalue weighted by atomic mass is 9.91. The first-order chi connectivity index (χ1) is 32.6. The summed E-state index contributed by atoms with van der Waals surface area (Å²) in [4.78, 5) is 15.3. The molecule has 10 aromatic carbocycles. The second kappa shape index (κ2) is 17.1. The number of aromatic nitrogens is 3. The molecule has 5 nitrogen and oxygen atoms in total. The van der Waals surface area contributed by atoms with E-state index in [1.807, 2.05) is 97.1 Å². The predicted octanol–water partition coefficient (Wildman–Crippen LogP) is 15.3. The van der Waals surface area contributed by atoms with Crippen molar-refractivity contribution in [3.05, 3.63) is 236 Å². The van der Waals surface area contributed by atoms with E-state index in [0.29, 0.717) is 28.6 Å². The van der Waals surface area contributed by atoms with Gasteiger partial charge in [0.1, 0.15) is 0 Å². The van der Waals surface area contributed by atoms with E-state index in [4.69, 9.17) is 15.0 Å². The minimum Gasteiger partial charge on any atom is -0.208 e. The van der Waals surface area contributed by atoms with Crippen LogP contribution >= 0.6 is 0 Å². The quantitative estimate of drug-likeness (QED) is 0.142. The monoisotopic (exact) mass is 839 g/mol. The van der Waals surface area contributed by atoms with E-state index < -0.39 is 0 Å². The molecule has 0 atom stereocenters. The van der Waals surface area contributed by atoms with Gasteiger partial charge in [-0.2, -0.15) is 10.5 Å². The van der Waals surface area contributed by atoms with Crippen LogP contribution in [0.25, 0.3) is 111 Å². The molecule has 1 aromatic heterocycles. The molecule has 0 bridgehead atoms. The minimum atomic E-state index is 0.549. The van der Waals surface area contributed by atoms with E-state index in [1.165, 1.54) is 27.1 Å². The van der Waals surface area contributed by atoms with Crippen molar-refractivity contribution in [3.63, 3.8) is 0 Å². The van der Waals surface area contributed by atoms with Crippen LogP contribution in [0.3, 0.4) is 0 Å². The molecule has 1 heterocycles. The van der Waals surface area contributed by atoms with Crippen molar-refractivity contribution in [3.8, 4) is 102 Å². The van der Waals surface area contributed by atoms with Crippen molar-refractivity contribution >= 4 is 21.5 Å². The number of rotatable bonds is 8. The van der Waals surface area contributed by atoms with Crippen molar-refractivity contribution in [1.29, 1.82) is 10.5 Å². The van der Waals surface area contributed by atoms with Crippen molar-refractivity contribution in [1.82, 2.24) is 15.0 Å². The predicted molar refractivity (Wildman–Crippen MR) is 268 cm³/mol. The Bertz CT molecular complexity index is 3710. The molecule has 0 aliphatic rings. The normalized spacial score (nSPS) is 11.0. The first-order valence-corrected chi connectivity index (χ1v) is 21.8. The highest BCUT2D eigenvalue weighted by molar-refractivity contribution is 6.14. The number of nitriles is 2. The molecule has 66 heavy (non-hydrogen) atoms. The molecule has 11 aromatic rings. The van der Waals surface area contributed by atoms with Gasteiger partial charge in [-0.05, 0) is 114 Å². The van der Waals surface area contributed by atoms with Crippen LogP contribution in [0.2, 0.25) is 0 Å². The molecule has 5 heteroatoms. The molecule has 306 valence electrons. The van der Waals surface area contributed by atoms with Crippen LogP contribution in [0.15, 0.2) is 224 Å². The number of benzene rings is 10. The Morgan fingerprint density at radius 3 is 1.42 bits per heavy atom. The minimum absolute atomic E-state index is 0.549. The molecule has 0 saturated carbocycles. The van der Waals surface area contributed by atoms with E-state index in [-0.39, 0.29) is 0 Å². The molecule has 0 saturated heterocycles. The maximum Gasteiger partial charge on any atom is 0.164 e. The van der Waals surface area contributed by atoms with E-state index in [9.17, 15) is 10.5 Å². The standard InChI is InChI=1S/C61H37N5/c62-38-40-24-26-44(27-25-40)52-18-6-8-21-56(52)60-64-59(47-13-2-1-3-14-47)65-61(66-60)57-22-9-7-19-53(57)45-30-28-42(29-31-45)50-34-41(39-63)35-51(37-50)48-16-10-17-49(36-48)55-23-11-15-46-33-32-43-12-4-5-20-54(43)58(46)55/h1-37H. The smallest absolute Gasteiger partial charge is 0.164 e. The maximum absolute atomic E-state index is 10.3. The fraction of sp³-hybridized carbons (Fsp3) is 0. The molecule has 0 amide bonds. The largest absolute Gasteiger partial charge is 0.208 e. The number of fused-ring (bicyclic) bond motifs is 3. The van der Waals surface area contributed by atoms with Gasteiger partial charge in [0.2, 0.25) is 0 Å². The van der Waals surface area contributed by atoms with Gasteiger partial charge in [0, 0.05) is 16.7 Å². The summed E-state index contributed by atoms with van der Waals surface area (Å²) in [5.41, 5.74) is 14.0. The Morgan fingerprint density at radius 2 is 0.742 bits per heavy atom. The van der Waals surface area contributed by atoms with Crippen LogP contribution in [-0.4, -0.2) is 15.0 Å². The van der Waals surface area contributed by atoms with Gasteiger partial charge in [0.05, 0.1) is 23.3 Å². The third-order valence-corrected chi connectivity index (χ3v) is 12.2. The van der Waals surface area contributed by atoms with Gasteiger partial charge in [-0.1, -0.05) is 188 Å². The van der Waals surface area contributed by atoms with Crippen LogP contribution in [0.4, 0.5) is 0 Å². The van der Waals surface area contributed by atoms with Crippen molar-refractivity contribution in [2.75, 3.05) is 0 Å². The topological polar surface area (TPSA) is 86.2 Å². The Hall–Kier alpha value is -9.29. The van der Waals surface area contributed by atoms with Gasteiger partial charge in [-0.3, -0.25) is 0 Å². The number of nitrogens with zero attached hydrogens (tertiary/aromatic N) is 5. The molecule has 0 aliphatic heterocycles. The van der Waals surface area contributed by atoms with Gasteiger partial charge in [0.25, 0.3) is 0 Å². The van der Waals surface area contributed by atoms with Crippen LogP contribution in [0, 0.1) is 22.7 Å². The first-order valence-electron chi connectivity index (χ1n) is 21.8. The SMILES string of the molecule is N#Cc1ccc(-c2ccccc2-c2nc(-c3ccccc3)nc(-c3ccccc3-c3ccc(-c4cc(C#N)cc(-c5cccc(-c6cccc7ccc8ccccc8c67)c5)c4)cc3)n2)cc1. The average molecular weight is 840 g/mol. The first kappa shape index (κ1) is 39.5. The third-order valence-electron chi connectivity index (χ3n) is 12.2. The second-order valence-electron chi connectivity index (χ2n) is 16.2. The Morgan fingerprint density at radius 1 is 0.273 bits per heavy atom. The summed E-state index contributed by atoms with van der Waals surface area (Å²) < 4.78 is 0. The summed E-state index contributed by atoms with van der Waals surface area (Å²) in [7, 11) is 0. The van der Waals surface area contributed by atoms with Gasteiger partial charge in [-0.15, -0.1) is 0 Å². The summed E-state index contributed by atoms with van der Waals surface area (Å²) in [6, 6.07) is 81.1. The fourth-order valence-corrected chi connectivity index (χ4v) is 8.95. The average Bonchev–Trinajstić information content (AvgIpc) is 3.40. The Kier molecular flexibility index (Phi) is 10.3. The lowest BCUT2D eigenvalue weighted by Crippen LogP contribution is -2.02. The van der Waals surface area contributed by atoms with Crippen LogP contribution in [-0.2, 0) is 0 Å². The zero-order valence-electron chi connectivity index (χ0n) is 35.6. The van der Waals surface area contributed by atoms with Gasteiger partial charge in [-0.25, -0.2) is 15.0 Å². The van der Waals surface area contributed by atoms with Crippen LogP contribution in [0.5, 0.6) is 0 Å². The summed E-state index contributed by atoms with van der Waals surface area (Å²) in [6.07, 6.45) is 0. The molecule has 0 radical (unpaired) electrons. The molecule has 0 spiro atoms. The van der Waals surface area contributed by atoms with Gasteiger partial charge < -0.3 is 0 Å². The highest BCUT2D eigenvalue weighted by Gasteiger charge is 2.18. The Balaban J connectivity index is 0.964. The maximum atomic E-state index is 10.3. The summed E-state index contributed by atoms with van der Waals surface area (Å²) in [5.74, 6) is 1.67. The molecule has 0 aliphatic carbocycles. The van der Waals surface area contributed by atoms with Crippen molar-refractivity contribution in [2.45, 2.75) is 0 Å². The van der Waals surface area contributed by atoms with Crippen molar-refractivity contribution < 1.29 is 0 Å². The highest BCUT2D eigenvalue weighted by atomic mass is 15.0. The second-order valence-corrected chi connectivity index (χ2v) is 16.2. The number of hydrogen-bond acceptors (Lipinski definition) is 5. The molecular weight excluding hydrogens is 803 g/mol. The molecule has 0 fully saturated rings. The fourth-order valence-electron chi connectivity index (χ4n) is 8.95. The lowest BCUT2D eigenvalue weighted by Gasteiger charge is -2.14. The van der Waals surface area contributed by atoms with Gasteiger partial charge in [0.15, 0.2) is 17.5 Å². The van der Waals surface area contributed by atoms with E-state index in [2.05, 4.69) is 140 Å². The zero-order chi connectivity index (χ0) is 44.4. The molecule has 0 N–H and O–H groups in total. The lowest BCUT2D eigenvalue weighted by molar-refractivity contribution is 1.07. The van der Waals surface area contributed by atoms with E-state index >= 15 is 0 Å². The summed E-state index contributed by atoms with van der Waals surface area (Å²) in [5, 5.41) is 24.6. The van der Waals surface area contributed by atoms with Crippen LogP contribution < -0.4 is 0 Å². The highest BCUT2D eigenvalue weighted by Crippen LogP contribution is 2.39. The van der Waals surface area contributed by atoms with Crippen molar-refractivity contribution in [2.24, 2.45) is 0 Å². The van der Waals surface area contributed by atoms with E-state index in [1.54, 1.807) is 0 Å².